The van der Waals surface area contributed by atoms with E-state index in [1.165, 1.54) is 0 Å². The minimum atomic E-state index is -0.677. The van der Waals surface area contributed by atoms with Crippen molar-refractivity contribution >= 4 is 5.91 Å². The van der Waals surface area contributed by atoms with Crippen LogP contribution in [0.15, 0.2) is 18.2 Å². The van der Waals surface area contributed by atoms with Crippen LogP contribution in [0, 0.1) is 11.6 Å². The van der Waals surface area contributed by atoms with E-state index < -0.39 is 17.5 Å². The highest BCUT2D eigenvalue weighted by Gasteiger charge is 2.27. The molecule has 17 heavy (non-hydrogen) atoms. The van der Waals surface area contributed by atoms with Gasteiger partial charge in [0.1, 0.15) is 11.6 Å². The summed E-state index contributed by atoms with van der Waals surface area (Å²) in [4.78, 5) is 13.5. The lowest BCUT2D eigenvalue weighted by molar-refractivity contribution is 0.0784. The summed E-state index contributed by atoms with van der Waals surface area (Å²) < 4.78 is 26.4. The maximum Gasteiger partial charge on any atom is 0.256 e. The Kier molecular flexibility index (Phi) is 3.38. The number of nitrogens with one attached hydrogen (secondary N) is 1. The second kappa shape index (κ2) is 4.79. The molecule has 1 amide bonds. The third-order valence-corrected chi connectivity index (χ3v) is 3.04. The average Bonchev–Trinajstić information content (AvgIpc) is 2.80. The van der Waals surface area contributed by atoms with Crippen molar-refractivity contribution in [2.75, 3.05) is 20.1 Å². The summed E-state index contributed by atoms with van der Waals surface area (Å²) in [6.45, 7) is 1.10. The predicted octanol–water partition coefficient (Wildman–Crippen LogP) is 1.40. The minimum absolute atomic E-state index is 0.193. The summed E-state index contributed by atoms with van der Waals surface area (Å²) in [6.07, 6.45) is 0.833. The number of likely N-dealkylation sites (N-methyl/N-ethyl adjacent to an activating group) is 1. The largest absolute Gasteiger partial charge is 0.337 e. The van der Waals surface area contributed by atoms with Crippen molar-refractivity contribution in [1.29, 1.82) is 0 Å². The van der Waals surface area contributed by atoms with E-state index in [0.717, 1.165) is 24.6 Å². The Balaban J connectivity index is 2.17. The molecular weight excluding hydrogens is 226 g/mol. The molecule has 0 bridgehead atoms. The highest BCUT2D eigenvalue weighted by Crippen LogP contribution is 2.16. The average molecular weight is 240 g/mol. The van der Waals surface area contributed by atoms with E-state index >= 15 is 0 Å². The van der Waals surface area contributed by atoms with Crippen LogP contribution in [0.3, 0.4) is 0 Å². The molecule has 0 aliphatic carbocycles. The predicted molar refractivity (Wildman–Crippen MR) is 59.7 cm³/mol. The zero-order valence-corrected chi connectivity index (χ0v) is 9.54. The zero-order chi connectivity index (χ0) is 12.4. The summed E-state index contributed by atoms with van der Waals surface area (Å²) in [5, 5.41) is 3.06. The van der Waals surface area contributed by atoms with E-state index in [0.29, 0.717) is 13.1 Å². The Morgan fingerprint density at radius 2 is 2.24 bits per heavy atom. The summed E-state index contributed by atoms with van der Waals surface area (Å²) >= 11 is 0. The molecule has 1 N–H and O–H groups in total. The molecule has 1 aliphatic heterocycles. The third-order valence-electron chi connectivity index (χ3n) is 3.04. The van der Waals surface area contributed by atoms with Crippen LogP contribution < -0.4 is 5.32 Å². The molecule has 1 aromatic rings. The molecule has 2 rings (SSSR count). The van der Waals surface area contributed by atoms with Gasteiger partial charge in [-0.2, -0.15) is 0 Å². The van der Waals surface area contributed by atoms with Crippen molar-refractivity contribution in [3.05, 3.63) is 35.4 Å². The van der Waals surface area contributed by atoms with Gasteiger partial charge in [0.25, 0.3) is 5.91 Å². The molecule has 1 unspecified atom stereocenters. The first kappa shape index (κ1) is 12.0. The minimum Gasteiger partial charge on any atom is -0.337 e. The van der Waals surface area contributed by atoms with Crippen LogP contribution in [0.4, 0.5) is 8.78 Å². The Bertz CT molecular complexity index is 437. The van der Waals surface area contributed by atoms with Crippen LogP contribution in [0.1, 0.15) is 16.8 Å². The lowest BCUT2D eigenvalue weighted by atomic mass is 10.2. The number of hydrogen-bond donors (Lipinski definition) is 1. The van der Waals surface area contributed by atoms with Crippen molar-refractivity contribution in [3.8, 4) is 0 Å². The van der Waals surface area contributed by atoms with Crippen molar-refractivity contribution in [2.45, 2.75) is 12.5 Å². The molecule has 1 aromatic carbocycles. The van der Waals surface area contributed by atoms with Gasteiger partial charge in [0, 0.05) is 19.1 Å². The highest BCUT2D eigenvalue weighted by atomic mass is 19.1. The van der Waals surface area contributed by atoms with Gasteiger partial charge in [-0.1, -0.05) is 0 Å². The standard InChI is InChI=1S/C12H14F2N2O/c1-15-9-4-5-16(7-9)12(17)10-6-8(13)2-3-11(10)14/h2-3,6,9,15H,4-5,7H2,1H3. The first-order chi connectivity index (χ1) is 8.11. The number of rotatable bonds is 2. The maximum atomic E-state index is 13.4. The molecule has 1 heterocycles. The van der Waals surface area contributed by atoms with Gasteiger partial charge in [0.05, 0.1) is 5.56 Å². The fraction of sp³-hybridized carbons (Fsp3) is 0.417. The number of amides is 1. The van der Waals surface area contributed by atoms with E-state index in [2.05, 4.69) is 5.32 Å². The number of likely N-dealkylation sites (tertiary alicyclic amines) is 1. The topological polar surface area (TPSA) is 32.3 Å². The van der Waals surface area contributed by atoms with Crippen LogP contribution >= 0.6 is 0 Å². The van der Waals surface area contributed by atoms with Crippen molar-refractivity contribution in [3.63, 3.8) is 0 Å². The smallest absolute Gasteiger partial charge is 0.256 e. The Labute approximate surface area is 98.4 Å². The van der Waals surface area contributed by atoms with Gasteiger partial charge in [-0.15, -0.1) is 0 Å². The molecule has 1 saturated heterocycles. The fourth-order valence-electron chi connectivity index (χ4n) is 2.01. The normalized spacial score (nSPS) is 19.7. The summed E-state index contributed by atoms with van der Waals surface area (Å²) in [7, 11) is 1.82. The summed E-state index contributed by atoms with van der Waals surface area (Å²) in [5.74, 6) is -1.72. The van der Waals surface area contributed by atoms with Gasteiger partial charge in [0.15, 0.2) is 0 Å². The van der Waals surface area contributed by atoms with Gasteiger partial charge >= 0.3 is 0 Å². The van der Waals surface area contributed by atoms with Gasteiger partial charge in [-0.3, -0.25) is 4.79 Å². The van der Waals surface area contributed by atoms with Crippen LogP contribution in [0.25, 0.3) is 0 Å². The first-order valence-corrected chi connectivity index (χ1v) is 5.53. The molecule has 0 radical (unpaired) electrons. The van der Waals surface area contributed by atoms with Gasteiger partial charge in [-0.05, 0) is 31.7 Å². The molecule has 3 nitrogen and oxygen atoms in total. The van der Waals surface area contributed by atoms with E-state index in [1.54, 1.807) is 4.90 Å². The van der Waals surface area contributed by atoms with Gasteiger partial charge < -0.3 is 10.2 Å². The van der Waals surface area contributed by atoms with Crippen LogP contribution in [0.5, 0.6) is 0 Å². The molecule has 1 fully saturated rings. The molecular formula is C12H14F2N2O. The van der Waals surface area contributed by atoms with Crippen LogP contribution in [0.2, 0.25) is 0 Å². The number of hydrogen-bond acceptors (Lipinski definition) is 2. The highest BCUT2D eigenvalue weighted by molar-refractivity contribution is 5.94. The maximum absolute atomic E-state index is 13.4. The summed E-state index contributed by atoms with van der Waals surface area (Å²) in [6, 6.07) is 3.17. The van der Waals surface area contributed by atoms with E-state index in [-0.39, 0.29) is 11.6 Å². The SMILES string of the molecule is CNC1CCN(C(=O)c2cc(F)ccc2F)C1. The van der Waals surface area contributed by atoms with E-state index in [9.17, 15) is 13.6 Å². The lowest BCUT2D eigenvalue weighted by Crippen LogP contribution is -2.33. The Morgan fingerprint density at radius 1 is 1.47 bits per heavy atom. The molecule has 0 spiro atoms. The van der Waals surface area contributed by atoms with Crippen LogP contribution in [-0.4, -0.2) is 37.0 Å². The quantitative estimate of drug-likeness (QED) is 0.847. The van der Waals surface area contributed by atoms with E-state index in [4.69, 9.17) is 0 Å². The van der Waals surface area contributed by atoms with Gasteiger partial charge in [0.2, 0.25) is 0 Å². The van der Waals surface area contributed by atoms with Crippen molar-refractivity contribution in [1.82, 2.24) is 10.2 Å². The number of carbonyl (C=O) groups excluding carboxylic acids is 1. The molecule has 92 valence electrons. The molecule has 5 heteroatoms. The number of nitrogens with zero attached hydrogens (tertiary/aromatic N) is 1. The van der Waals surface area contributed by atoms with Gasteiger partial charge in [-0.25, -0.2) is 8.78 Å². The van der Waals surface area contributed by atoms with Crippen molar-refractivity contribution in [2.24, 2.45) is 0 Å². The second-order valence-electron chi connectivity index (χ2n) is 4.15. The number of halogens is 2. The molecule has 0 saturated carbocycles. The Morgan fingerprint density at radius 3 is 2.88 bits per heavy atom. The molecule has 0 aromatic heterocycles. The summed E-state index contributed by atoms with van der Waals surface area (Å²) in [5.41, 5.74) is -0.193. The lowest BCUT2D eigenvalue weighted by Gasteiger charge is -2.16. The molecule has 1 atom stereocenters. The fourth-order valence-corrected chi connectivity index (χ4v) is 2.01. The monoisotopic (exact) mass is 240 g/mol. The van der Waals surface area contributed by atoms with Crippen molar-refractivity contribution < 1.29 is 13.6 Å². The zero-order valence-electron chi connectivity index (χ0n) is 9.54. The Hall–Kier alpha value is -1.49. The van der Waals surface area contributed by atoms with E-state index in [1.807, 2.05) is 7.05 Å². The number of carbonyl (C=O) groups is 1. The molecule has 1 aliphatic rings. The first-order valence-electron chi connectivity index (χ1n) is 5.53. The second-order valence-corrected chi connectivity index (χ2v) is 4.15. The third kappa shape index (κ3) is 2.44. The number of benzene rings is 1. The van der Waals surface area contributed by atoms with Crippen LogP contribution in [-0.2, 0) is 0 Å².